The van der Waals surface area contributed by atoms with Gasteiger partial charge in [0.05, 0.1) is 6.04 Å². The molecule has 2 aromatic rings. The van der Waals surface area contributed by atoms with Crippen molar-refractivity contribution in [3.05, 3.63) is 47.8 Å². The molecule has 1 fully saturated rings. The van der Waals surface area contributed by atoms with E-state index in [9.17, 15) is 9.18 Å². The zero-order chi connectivity index (χ0) is 15.7. The van der Waals surface area contributed by atoms with Crippen molar-refractivity contribution < 1.29 is 9.18 Å². The van der Waals surface area contributed by atoms with Crippen LogP contribution < -0.4 is 0 Å². The Balaban J connectivity index is 1.98. The Bertz CT molecular complexity index is 701. The molecule has 0 spiro atoms. The predicted molar refractivity (Wildman–Crippen MR) is 86.1 cm³/mol. The number of rotatable bonds is 2. The minimum atomic E-state index is -0.222. The molecule has 1 saturated heterocycles. The van der Waals surface area contributed by atoms with Crippen LogP contribution >= 0.6 is 0 Å². The van der Waals surface area contributed by atoms with Crippen LogP contribution in [-0.4, -0.2) is 41.9 Å². The number of hydrogen-bond donors (Lipinski definition) is 0. The molecule has 0 saturated carbocycles. The summed E-state index contributed by atoms with van der Waals surface area (Å²) in [6, 6.07) is 10.9. The lowest BCUT2D eigenvalue weighted by molar-refractivity contribution is -0.133. The van der Waals surface area contributed by atoms with Gasteiger partial charge in [0.1, 0.15) is 5.82 Å². The van der Waals surface area contributed by atoms with Gasteiger partial charge >= 0.3 is 0 Å². The van der Waals surface area contributed by atoms with E-state index in [0.29, 0.717) is 0 Å². The minimum absolute atomic E-state index is 0.0700. The summed E-state index contributed by atoms with van der Waals surface area (Å²) in [6.07, 6.45) is 0. The van der Waals surface area contributed by atoms with Crippen LogP contribution in [0, 0.1) is 5.82 Å². The van der Waals surface area contributed by atoms with E-state index in [-0.39, 0.29) is 17.8 Å². The summed E-state index contributed by atoms with van der Waals surface area (Å²) in [7, 11) is 0. The van der Waals surface area contributed by atoms with E-state index in [0.717, 1.165) is 42.5 Å². The van der Waals surface area contributed by atoms with Gasteiger partial charge < -0.3 is 4.90 Å². The van der Waals surface area contributed by atoms with Crippen molar-refractivity contribution in [3.63, 3.8) is 0 Å². The van der Waals surface area contributed by atoms with Gasteiger partial charge in [-0.25, -0.2) is 4.39 Å². The molecule has 1 amide bonds. The Morgan fingerprint density at radius 3 is 2.64 bits per heavy atom. The number of carbonyl (C=O) groups excluding carboxylic acids is 1. The number of piperazine rings is 1. The van der Waals surface area contributed by atoms with E-state index < -0.39 is 0 Å². The fourth-order valence-corrected chi connectivity index (χ4v) is 3.23. The number of amides is 1. The molecule has 4 heteroatoms. The molecule has 1 unspecified atom stereocenters. The molecule has 3 rings (SSSR count). The van der Waals surface area contributed by atoms with Crippen LogP contribution in [0.25, 0.3) is 10.8 Å². The molecule has 0 aromatic heterocycles. The predicted octanol–water partition coefficient (Wildman–Crippen LogP) is 3.20. The number of halogens is 1. The zero-order valence-corrected chi connectivity index (χ0v) is 13.1. The second-order valence-electron chi connectivity index (χ2n) is 5.87. The molecule has 1 heterocycles. The number of nitrogens with zero attached hydrogens (tertiary/aromatic N) is 2. The minimum Gasteiger partial charge on any atom is -0.333 e. The van der Waals surface area contributed by atoms with Crippen molar-refractivity contribution in [2.45, 2.75) is 19.9 Å². The Labute approximate surface area is 130 Å². The van der Waals surface area contributed by atoms with Crippen LogP contribution in [-0.2, 0) is 4.79 Å². The van der Waals surface area contributed by atoms with E-state index in [4.69, 9.17) is 0 Å². The average Bonchev–Trinajstić information content (AvgIpc) is 2.53. The average molecular weight is 300 g/mol. The maximum Gasteiger partial charge on any atom is 0.220 e. The monoisotopic (exact) mass is 300 g/mol. The lowest BCUT2D eigenvalue weighted by Crippen LogP contribution is -2.49. The summed E-state index contributed by atoms with van der Waals surface area (Å²) in [6.45, 7) is 7.29. The zero-order valence-electron chi connectivity index (χ0n) is 13.1. The molecular weight excluding hydrogens is 279 g/mol. The summed E-state index contributed by atoms with van der Waals surface area (Å²) in [4.78, 5) is 16.2. The Hall–Kier alpha value is -1.94. The molecule has 22 heavy (non-hydrogen) atoms. The van der Waals surface area contributed by atoms with Crippen molar-refractivity contribution in [2.24, 2.45) is 0 Å². The standard InChI is InChI=1S/C18H21FN2O/c1-3-20-8-9-21(13(2)22)18(12-20)16-5-4-15-11-17(19)7-6-14(15)10-16/h4-7,10-11,18H,3,8-9,12H2,1-2H3. The number of likely N-dealkylation sites (N-methyl/N-ethyl adjacent to an activating group) is 1. The van der Waals surface area contributed by atoms with Crippen LogP contribution in [0.3, 0.4) is 0 Å². The second kappa shape index (κ2) is 6.05. The van der Waals surface area contributed by atoms with E-state index in [1.165, 1.54) is 6.07 Å². The van der Waals surface area contributed by atoms with Gasteiger partial charge in [0.2, 0.25) is 5.91 Å². The molecule has 3 nitrogen and oxygen atoms in total. The molecule has 1 aliphatic rings. The van der Waals surface area contributed by atoms with Crippen molar-refractivity contribution >= 4 is 16.7 Å². The van der Waals surface area contributed by atoms with Crippen LogP contribution in [0.4, 0.5) is 4.39 Å². The van der Waals surface area contributed by atoms with E-state index in [1.807, 2.05) is 17.0 Å². The highest BCUT2D eigenvalue weighted by Crippen LogP contribution is 2.28. The normalized spacial score (nSPS) is 19.6. The highest BCUT2D eigenvalue weighted by Gasteiger charge is 2.29. The molecule has 0 radical (unpaired) electrons. The maximum atomic E-state index is 13.3. The number of fused-ring (bicyclic) bond motifs is 1. The van der Waals surface area contributed by atoms with E-state index in [1.54, 1.807) is 19.1 Å². The number of carbonyl (C=O) groups is 1. The molecule has 2 aromatic carbocycles. The highest BCUT2D eigenvalue weighted by molar-refractivity contribution is 5.83. The summed E-state index contributed by atoms with van der Waals surface area (Å²) in [5.41, 5.74) is 1.12. The second-order valence-corrected chi connectivity index (χ2v) is 5.87. The highest BCUT2D eigenvalue weighted by atomic mass is 19.1. The van der Waals surface area contributed by atoms with Gasteiger partial charge in [-0.15, -0.1) is 0 Å². The molecular formula is C18H21FN2O. The van der Waals surface area contributed by atoms with E-state index in [2.05, 4.69) is 17.9 Å². The first-order chi connectivity index (χ1) is 10.6. The van der Waals surface area contributed by atoms with Gasteiger partial charge in [0.15, 0.2) is 0 Å². The van der Waals surface area contributed by atoms with Crippen molar-refractivity contribution in [2.75, 3.05) is 26.2 Å². The lowest BCUT2D eigenvalue weighted by Gasteiger charge is -2.41. The third-order valence-electron chi connectivity index (χ3n) is 4.53. The SMILES string of the molecule is CCN1CCN(C(C)=O)C(c2ccc3cc(F)ccc3c2)C1. The van der Waals surface area contributed by atoms with Gasteiger partial charge in [-0.05, 0) is 41.1 Å². The topological polar surface area (TPSA) is 23.6 Å². The van der Waals surface area contributed by atoms with Crippen LogP contribution in [0.1, 0.15) is 25.5 Å². The van der Waals surface area contributed by atoms with Gasteiger partial charge in [0, 0.05) is 26.6 Å². The lowest BCUT2D eigenvalue weighted by atomic mass is 9.98. The van der Waals surface area contributed by atoms with Gasteiger partial charge in [-0.1, -0.05) is 25.1 Å². The third kappa shape index (κ3) is 2.83. The van der Waals surface area contributed by atoms with Crippen molar-refractivity contribution in [3.8, 4) is 0 Å². The first-order valence-electron chi connectivity index (χ1n) is 7.77. The number of benzene rings is 2. The summed E-state index contributed by atoms with van der Waals surface area (Å²) < 4.78 is 13.3. The first-order valence-corrected chi connectivity index (χ1v) is 7.77. The van der Waals surface area contributed by atoms with Crippen LogP contribution in [0.15, 0.2) is 36.4 Å². The summed E-state index contributed by atoms with van der Waals surface area (Å²) in [5, 5.41) is 1.90. The quantitative estimate of drug-likeness (QED) is 0.850. The molecule has 1 aliphatic heterocycles. The van der Waals surface area contributed by atoms with Crippen molar-refractivity contribution in [1.82, 2.24) is 9.80 Å². The Kier molecular flexibility index (Phi) is 4.12. The fraction of sp³-hybridized carbons (Fsp3) is 0.389. The van der Waals surface area contributed by atoms with Gasteiger partial charge in [0.25, 0.3) is 0 Å². The summed E-state index contributed by atoms with van der Waals surface area (Å²) in [5.74, 6) is -0.111. The number of hydrogen-bond acceptors (Lipinski definition) is 2. The Morgan fingerprint density at radius 1 is 1.18 bits per heavy atom. The maximum absolute atomic E-state index is 13.3. The summed E-state index contributed by atoms with van der Waals surface area (Å²) >= 11 is 0. The van der Waals surface area contributed by atoms with Gasteiger partial charge in [-0.2, -0.15) is 0 Å². The molecule has 0 bridgehead atoms. The van der Waals surface area contributed by atoms with Crippen LogP contribution in [0.2, 0.25) is 0 Å². The van der Waals surface area contributed by atoms with Crippen molar-refractivity contribution in [1.29, 1.82) is 0 Å². The fourth-order valence-electron chi connectivity index (χ4n) is 3.23. The Morgan fingerprint density at radius 2 is 1.91 bits per heavy atom. The molecule has 1 atom stereocenters. The third-order valence-corrected chi connectivity index (χ3v) is 4.53. The largest absolute Gasteiger partial charge is 0.333 e. The smallest absolute Gasteiger partial charge is 0.220 e. The first kappa shape index (κ1) is 15.0. The van der Waals surface area contributed by atoms with Gasteiger partial charge in [-0.3, -0.25) is 9.69 Å². The molecule has 0 aliphatic carbocycles. The molecule has 0 N–H and O–H groups in total. The van der Waals surface area contributed by atoms with E-state index >= 15 is 0 Å². The molecule has 116 valence electrons. The van der Waals surface area contributed by atoms with Crippen LogP contribution in [0.5, 0.6) is 0 Å².